The van der Waals surface area contributed by atoms with Gasteiger partial charge in [-0.25, -0.2) is 4.79 Å². The Bertz CT molecular complexity index is 1290. The molecule has 0 saturated heterocycles. The van der Waals surface area contributed by atoms with Gasteiger partial charge in [-0.1, -0.05) is 12.1 Å². The normalized spacial score (nSPS) is 10.9. The van der Waals surface area contributed by atoms with Crippen molar-refractivity contribution >= 4 is 0 Å². The first-order valence-electron chi connectivity index (χ1n) is 9.58. The van der Waals surface area contributed by atoms with Crippen molar-refractivity contribution in [3.63, 3.8) is 0 Å². The monoisotopic (exact) mass is 403 g/mol. The fourth-order valence-electron chi connectivity index (χ4n) is 3.24. The maximum absolute atomic E-state index is 12.1. The van der Waals surface area contributed by atoms with E-state index in [1.807, 2.05) is 62.6 Å². The van der Waals surface area contributed by atoms with E-state index >= 15 is 0 Å². The van der Waals surface area contributed by atoms with Gasteiger partial charge in [0.2, 0.25) is 0 Å². The molecule has 8 heteroatoms. The standard InChI is InChI=1S/C22H21N5O3/c1-3-30-17-6-4-15(5-7-17)12-27-9-8-16(13-27)18-10-20(26-25-14(18)2)19-11-23-22(29)24-21(19)28/h4-11,13H,3,12H2,1-2H3,(H2,23,24,28,29). The smallest absolute Gasteiger partial charge is 0.325 e. The third-order valence-electron chi connectivity index (χ3n) is 4.73. The average molecular weight is 403 g/mol. The maximum atomic E-state index is 12.1. The summed E-state index contributed by atoms with van der Waals surface area (Å²) in [4.78, 5) is 28.0. The van der Waals surface area contributed by atoms with Gasteiger partial charge in [-0.15, -0.1) is 5.10 Å². The Morgan fingerprint density at radius 1 is 1.07 bits per heavy atom. The summed E-state index contributed by atoms with van der Waals surface area (Å²) in [6, 6.07) is 11.8. The summed E-state index contributed by atoms with van der Waals surface area (Å²) in [5.41, 5.74) is 3.34. The van der Waals surface area contributed by atoms with E-state index < -0.39 is 11.2 Å². The SMILES string of the molecule is CCOc1ccc(Cn2ccc(-c3cc(-c4c[nH]c(=O)[nH]c4=O)nnc3C)c2)cc1. The highest BCUT2D eigenvalue weighted by Crippen LogP contribution is 2.26. The van der Waals surface area contributed by atoms with Crippen LogP contribution in [-0.2, 0) is 6.54 Å². The van der Waals surface area contributed by atoms with Crippen LogP contribution in [-0.4, -0.2) is 31.3 Å². The minimum atomic E-state index is -0.560. The number of nitrogens with one attached hydrogen (secondary N) is 2. The van der Waals surface area contributed by atoms with Crippen molar-refractivity contribution < 1.29 is 4.74 Å². The van der Waals surface area contributed by atoms with E-state index in [2.05, 4.69) is 24.7 Å². The van der Waals surface area contributed by atoms with Gasteiger partial charge in [0.15, 0.2) is 0 Å². The van der Waals surface area contributed by atoms with Crippen molar-refractivity contribution in [2.75, 3.05) is 6.61 Å². The van der Waals surface area contributed by atoms with Crippen LogP contribution in [0.4, 0.5) is 0 Å². The van der Waals surface area contributed by atoms with Crippen LogP contribution >= 0.6 is 0 Å². The van der Waals surface area contributed by atoms with Gasteiger partial charge in [-0.3, -0.25) is 9.78 Å². The second-order valence-corrected chi connectivity index (χ2v) is 6.86. The fourth-order valence-corrected chi connectivity index (χ4v) is 3.24. The molecule has 0 spiro atoms. The number of aryl methyl sites for hydroxylation is 1. The molecule has 0 bridgehead atoms. The Hall–Kier alpha value is -3.94. The molecule has 0 aliphatic carbocycles. The molecule has 8 nitrogen and oxygen atoms in total. The average Bonchev–Trinajstić information content (AvgIpc) is 3.19. The minimum Gasteiger partial charge on any atom is -0.494 e. The number of hydrogen-bond donors (Lipinski definition) is 2. The van der Waals surface area contributed by atoms with Crippen LogP contribution < -0.4 is 16.0 Å². The first kappa shape index (κ1) is 19.4. The molecule has 30 heavy (non-hydrogen) atoms. The third kappa shape index (κ3) is 4.07. The third-order valence-corrected chi connectivity index (χ3v) is 4.73. The highest BCUT2D eigenvalue weighted by molar-refractivity contribution is 5.70. The number of nitrogens with zero attached hydrogens (tertiary/aromatic N) is 3. The van der Waals surface area contributed by atoms with E-state index in [0.717, 1.165) is 34.7 Å². The van der Waals surface area contributed by atoms with Gasteiger partial charge in [0.1, 0.15) is 11.4 Å². The van der Waals surface area contributed by atoms with E-state index in [9.17, 15) is 9.59 Å². The lowest BCUT2D eigenvalue weighted by Crippen LogP contribution is -2.22. The van der Waals surface area contributed by atoms with E-state index in [1.54, 1.807) is 0 Å². The highest BCUT2D eigenvalue weighted by atomic mass is 16.5. The highest BCUT2D eigenvalue weighted by Gasteiger charge is 2.12. The number of H-pyrrole nitrogens is 2. The van der Waals surface area contributed by atoms with E-state index in [4.69, 9.17) is 4.74 Å². The van der Waals surface area contributed by atoms with Gasteiger partial charge < -0.3 is 14.3 Å². The molecule has 0 radical (unpaired) electrons. The zero-order valence-corrected chi connectivity index (χ0v) is 16.7. The molecule has 0 amide bonds. The van der Waals surface area contributed by atoms with Crippen LogP contribution in [0, 0.1) is 6.92 Å². The molecule has 3 aromatic heterocycles. The number of hydrogen-bond acceptors (Lipinski definition) is 5. The Balaban J connectivity index is 1.61. The lowest BCUT2D eigenvalue weighted by molar-refractivity contribution is 0.340. The fraction of sp³-hybridized carbons (Fsp3) is 0.182. The van der Waals surface area contributed by atoms with Gasteiger partial charge in [-0.2, -0.15) is 5.10 Å². The number of rotatable bonds is 6. The number of benzene rings is 1. The lowest BCUT2D eigenvalue weighted by Gasteiger charge is -2.07. The molecule has 0 unspecified atom stereocenters. The Labute approximate surface area is 172 Å². The van der Waals surface area contributed by atoms with Crippen molar-refractivity contribution in [1.82, 2.24) is 24.7 Å². The summed E-state index contributed by atoms with van der Waals surface area (Å²) in [5, 5.41) is 8.31. The first-order chi connectivity index (χ1) is 14.5. The van der Waals surface area contributed by atoms with Crippen molar-refractivity contribution in [2.45, 2.75) is 20.4 Å². The number of aromatic amines is 2. The van der Waals surface area contributed by atoms with Crippen LogP contribution in [0.3, 0.4) is 0 Å². The summed E-state index contributed by atoms with van der Waals surface area (Å²) < 4.78 is 7.57. The Kier molecular flexibility index (Phi) is 5.30. The second kappa shape index (κ2) is 8.20. The molecular weight excluding hydrogens is 382 g/mol. The summed E-state index contributed by atoms with van der Waals surface area (Å²) >= 11 is 0. The molecule has 152 valence electrons. The molecule has 3 heterocycles. The molecular formula is C22H21N5O3. The number of aromatic nitrogens is 5. The first-order valence-corrected chi connectivity index (χ1v) is 9.58. The largest absolute Gasteiger partial charge is 0.494 e. The predicted molar refractivity (Wildman–Crippen MR) is 114 cm³/mol. The summed E-state index contributed by atoms with van der Waals surface area (Å²) in [6.07, 6.45) is 5.38. The van der Waals surface area contributed by atoms with E-state index in [-0.39, 0.29) is 5.56 Å². The number of ether oxygens (including phenoxy) is 1. The van der Waals surface area contributed by atoms with Gasteiger partial charge in [0, 0.05) is 36.3 Å². The summed E-state index contributed by atoms with van der Waals surface area (Å²) in [6.45, 7) is 5.19. The van der Waals surface area contributed by atoms with Crippen molar-refractivity contribution in [3.05, 3.63) is 87.1 Å². The Morgan fingerprint density at radius 2 is 1.87 bits per heavy atom. The summed E-state index contributed by atoms with van der Waals surface area (Å²) in [5.74, 6) is 0.859. The molecule has 0 atom stereocenters. The molecule has 0 saturated carbocycles. The topological polar surface area (TPSA) is 106 Å². The van der Waals surface area contributed by atoms with Gasteiger partial charge in [-0.05, 0) is 43.7 Å². The van der Waals surface area contributed by atoms with Gasteiger partial charge in [0.05, 0.1) is 17.9 Å². The Morgan fingerprint density at radius 3 is 2.60 bits per heavy atom. The van der Waals surface area contributed by atoms with Crippen LogP contribution in [0.1, 0.15) is 18.2 Å². The van der Waals surface area contributed by atoms with E-state index in [0.29, 0.717) is 12.3 Å². The van der Waals surface area contributed by atoms with Crippen LogP contribution in [0.25, 0.3) is 22.4 Å². The quantitative estimate of drug-likeness (QED) is 0.515. The van der Waals surface area contributed by atoms with Crippen LogP contribution in [0.15, 0.2) is 64.6 Å². The minimum absolute atomic E-state index is 0.261. The molecule has 4 rings (SSSR count). The zero-order valence-electron chi connectivity index (χ0n) is 16.7. The zero-order chi connectivity index (χ0) is 21.1. The van der Waals surface area contributed by atoms with Crippen molar-refractivity contribution in [1.29, 1.82) is 0 Å². The van der Waals surface area contributed by atoms with Crippen molar-refractivity contribution in [2.24, 2.45) is 0 Å². The van der Waals surface area contributed by atoms with Crippen LogP contribution in [0.2, 0.25) is 0 Å². The molecule has 0 aliphatic heterocycles. The van der Waals surface area contributed by atoms with Crippen LogP contribution in [0.5, 0.6) is 5.75 Å². The molecule has 0 fully saturated rings. The van der Waals surface area contributed by atoms with Gasteiger partial charge in [0.25, 0.3) is 5.56 Å². The molecule has 1 aromatic carbocycles. The van der Waals surface area contributed by atoms with Gasteiger partial charge >= 0.3 is 5.69 Å². The summed E-state index contributed by atoms with van der Waals surface area (Å²) in [7, 11) is 0. The predicted octanol–water partition coefficient (Wildman–Crippen LogP) is 2.74. The molecule has 0 aliphatic rings. The molecule has 2 N–H and O–H groups in total. The van der Waals surface area contributed by atoms with Crippen molar-refractivity contribution in [3.8, 4) is 28.1 Å². The maximum Gasteiger partial charge on any atom is 0.325 e. The molecule has 4 aromatic rings. The second-order valence-electron chi connectivity index (χ2n) is 6.86. The lowest BCUT2D eigenvalue weighted by atomic mass is 10.1. The van der Waals surface area contributed by atoms with E-state index in [1.165, 1.54) is 6.20 Å².